The maximum Gasteiger partial charge on any atom is 0.227 e. The molecule has 1 heterocycles. The van der Waals surface area contributed by atoms with Crippen molar-refractivity contribution < 1.29 is 4.42 Å². The summed E-state index contributed by atoms with van der Waals surface area (Å²) in [6.45, 7) is 2.77. The van der Waals surface area contributed by atoms with Gasteiger partial charge in [-0.3, -0.25) is 0 Å². The molecule has 0 unspecified atom stereocenters. The van der Waals surface area contributed by atoms with E-state index in [2.05, 4.69) is 10.3 Å². The lowest BCUT2D eigenvalue weighted by Crippen LogP contribution is -2.15. The van der Waals surface area contributed by atoms with E-state index in [0.29, 0.717) is 17.0 Å². The third-order valence-electron chi connectivity index (χ3n) is 3.06. The summed E-state index contributed by atoms with van der Waals surface area (Å²) in [4.78, 5) is 4.46. The summed E-state index contributed by atoms with van der Waals surface area (Å²) in [6, 6.07) is 6.55. The van der Waals surface area contributed by atoms with Crippen LogP contribution in [0.25, 0.3) is 11.5 Å². The zero-order valence-electron chi connectivity index (χ0n) is 10.2. The number of hydrogen-bond donors (Lipinski definition) is 1. The number of aromatic nitrogens is 1. The van der Waals surface area contributed by atoms with Gasteiger partial charge in [-0.15, -0.1) is 0 Å². The third kappa shape index (κ3) is 2.57. The number of oxazole rings is 1. The number of halogens is 1. The molecule has 3 rings (SSSR count). The first-order valence-electron chi connectivity index (χ1n) is 6.17. The van der Waals surface area contributed by atoms with Crippen molar-refractivity contribution in [2.45, 2.75) is 32.4 Å². The summed E-state index contributed by atoms with van der Waals surface area (Å²) >= 11 is 6.20. The SMILES string of the molecule is Cc1ccc(-c2nc(CNC3CC3)co2)c(Cl)c1. The van der Waals surface area contributed by atoms with Crippen LogP contribution in [0.5, 0.6) is 0 Å². The molecule has 0 atom stereocenters. The number of nitrogens with zero attached hydrogens (tertiary/aromatic N) is 1. The first-order chi connectivity index (χ1) is 8.72. The molecule has 94 valence electrons. The van der Waals surface area contributed by atoms with Crippen LogP contribution >= 0.6 is 11.6 Å². The van der Waals surface area contributed by atoms with Gasteiger partial charge in [0.2, 0.25) is 5.89 Å². The van der Waals surface area contributed by atoms with E-state index in [1.165, 1.54) is 12.8 Å². The highest BCUT2D eigenvalue weighted by molar-refractivity contribution is 6.33. The molecule has 1 saturated carbocycles. The zero-order valence-corrected chi connectivity index (χ0v) is 11.0. The van der Waals surface area contributed by atoms with E-state index in [9.17, 15) is 0 Å². The largest absolute Gasteiger partial charge is 0.444 e. The van der Waals surface area contributed by atoms with E-state index in [1.54, 1.807) is 6.26 Å². The minimum Gasteiger partial charge on any atom is -0.444 e. The van der Waals surface area contributed by atoms with Gasteiger partial charge < -0.3 is 9.73 Å². The van der Waals surface area contributed by atoms with Crippen molar-refractivity contribution in [1.29, 1.82) is 0 Å². The Morgan fingerprint density at radius 2 is 2.28 bits per heavy atom. The van der Waals surface area contributed by atoms with Crippen LogP contribution in [0.1, 0.15) is 24.1 Å². The number of rotatable bonds is 4. The highest BCUT2D eigenvalue weighted by Crippen LogP contribution is 2.28. The monoisotopic (exact) mass is 262 g/mol. The fourth-order valence-corrected chi connectivity index (χ4v) is 2.16. The lowest BCUT2D eigenvalue weighted by molar-refractivity contribution is 0.570. The van der Waals surface area contributed by atoms with Gasteiger partial charge in [-0.1, -0.05) is 17.7 Å². The second kappa shape index (κ2) is 4.75. The van der Waals surface area contributed by atoms with Gasteiger partial charge in [0, 0.05) is 12.6 Å². The van der Waals surface area contributed by atoms with Gasteiger partial charge >= 0.3 is 0 Å². The molecule has 0 saturated heterocycles. The van der Waals surface area contributed by atoms with E-state index in [0.717, 1.165) is 23.4 Å². The predicted octanol–water partition coefficient (Wildman–Crippen LogP) is 3.56. The molecule has 1 aliphatic rings. The van der Waals surface area contributed by atoms with Gasteiger partial charge in [0.05, 0.1) is 16.3 Å². The Morgan fingerprint density at radius 1 is 1.44 bits per heavy atom. The Hall–Kier alpha value is -1.32. The summed E-state index contributed by atoms with van der Waals surface area (Å²) in [5, 5.41) is 4.09. The van der Waals surface area contributed by atoms with Crippen LogP contribution in [-0.2, 0) is 6.54 Å². The van der Waals surface area contributed by atoms with Crippen molar-refractivity contribution in [2.24, 2.45) is 0 Å². The van der Waals surface area contributed by atoms with Gasteiger partial charge in [-0.05, 0) is 37.5 Å². The zero-order chi connectivity index (χ0) is 12.5. The van der Waals surface area contributed by atoms with Crippen LogP contribution in [0.2, 0.25) is 5.02 Å². The highest BCUT2D eigenvalue weighted by atomic mass is 35.5. The fraction of sp³-hybridized carbons (Fsp3) is 0.357. The maximum atomic E-state index is 6.20. The molecule has 0 radical (unpaired) electrons. The van der Waals surface area contributed by atoms with Crippen LogP contribution in [0.4, 0.5) is 0 Å². The second-order valence-corrected chi connectivity index (χ2v) is 5.19. The number of hydrogen-bond acceptors (Lipinski definition) is 3. The Bertz CT molecular complexity index is 561. The standard InChI is InChI=1S/C14H15ClN2O/c1-9-2-5-12(13(15)6-9)14-17-11(8-18-14)7-16-10-3-4-10/h2,5-6,8,10,16H,3-4,7H2,1H3. The molecule has 0 aliphatic heterocycles. The second-order valence-electron chi connectivity index (χ2n) is 4.78. The molecular weight excluding hydrogens is 248 g/mol. The molecule has 3 nitrogen and oxygen atoms in total. The van der Waals surface area contributed by atoms with E-state index in [-0.39, 0.29) is 0 Å². The summed E-state index contributed by atoms with van der Waals surface area (Å²) in [6.07, 6.45) is 4.24. The predicted molar refractivity (Wildman–Crippen MR) is 71.5 cm³/mol. The van der Waals surface area contributed by atoms with Crippen LogP contribution in [-0.4, -0.2) is 11.0 Å². The first-order valence-corrected chi connectivity index (χ1v) is 6.54. The van der Waals surface area contributed by atoms with E-state index < -0.39 is 0 Å². The van der Waals surface area contributed by atoms with Crippen LogP contribution < -0.4 is 5.32 Å². The average Bonchev–Trinajstić information content (AvgIpc) is 3.05. The molecule has 1 aliphatic carbocycles. The summed E-state index contributed by atoms with van der Waals surface area (Å²) < 4.78 is 5.49. The molecule has 1 N–H and O–H groups in total. The Balaban J connectivity index is 1.78. The van der Waals surface area contributed by atoms with Crippen molar-refractivity contribution >= 4 is 11.6 Å². The molecule has 4 heteroatoms. The summed E-state index contributed by atoms with van der Waals surface area (Å²) in [5.74, 6) is 0.590. The summed E-state index contributed by atoms with van der Waals surface area (Å²) in [7, 11) is 0. The maximum absolute atomic E-state index is 6.20. The smallest absolute Gasteiger partial charge is 0.227 e. The fourth-order valence-electron chi connectivity index (χ4n) is 1.84. The normalized spacial score (nSPS) is 15.0. The van der Waals surface area contributed by atoms with Crippen molar-refractivity contribution in [3.8, 4) is 11.5 Å². The van der Waals surface area contributed by atoms with Gasteiger partial charge in [-0.2, -0.15) is 0 Å². The number of aryl methyl sites for hydroxylation is 1. The quantitative estimate of drug-likeness (QED) is 0.916. The van der Waals surface area contributed by atoms with Crippen LogP contribution in [0.3, 0.4) is 0 Å². The van der Waals surface area contributed by atoms with Crippen molar-refractivity contribution in [3.05, 3.63) is 40.7 Å². The molecule has 1 aromatic carbocycles. The highest BCUT2D eigenvalue weighted by Gasteiger charge is 2.20. The number of benzene rings is 1. The molecule has 1 fully saturated rings. The Morgan fingerprint density at radius 3 is 3.00 bits per heavy atom. The lowest BCUT2D eigenvalue weighted by Gasteiger charge is -2.00. The average molecular weight is 263 g/mol. The molecule has 0 spiro atoms. The minimum atomic E-state index is 0.590. The molecule has 0 amide bonds. The van der Waals surface area contributed by atoms with Crippen molar-refractivity contribution in [2.75, 3.05) is 0 Å². The molecule has 18 heavy (non-hydrogen) atoms. The molecule has 1 aromatic heterocycles. The van der Waals surface area contributed by atoms with Gasteiger partial charge in [0.1, 0.15) is 6.26 Å². The van der Waals surface area contributed by atoms with E-state index in [1.807, 2.05) is 25.1 Å². The van der Waals surface area contributed by atoms with Crippen molar-refractivity contribution in [3.63, 3.8) is 0 Å². The lowest BCUT2D eigenvalue weighted by atomic mass is 10.1. The topological polar surface area (TPSA) is 38.1 Å². The van der Waals surface area contributed by atoms with E-state index >= 15 is 0 Å². The number of nitrogens with one attached hydrogen (secondary N) is 1. The van der Waals surface area contributed by atoms with Crippen molar-refractivity contribution in [1.82, 2.24) is 10.3 Å². The van der Waals surface area contributed by atoms with Gasteiger partial charge in [0.25, 0.3) is 0 Å². The molecule has 2 aromatic rings. The molecule has 0 bridgehead atoms. The Kier molecular flexibility index (Phi) is 3.10. The summed E-state index contributed by atoms with van der Waals surface area (Å²) in [5.41, 5.74) is 2.90. The van der Waals surface area contributed by atoms with Gasteiger partial charge in [-0.25, -0.2) is 4.98 Å². The molecular formula is C14H15ClN2O. The first kappa shape index (κ1) is 11.8. The third-order valence-corrected chi connectivity index (χ3v) is 3.37. The Labute approximate surface area is 111 Å². The van der Waals surface area contributed by atoms with E-state index in [4.69, 9.17) is 16.0 Å². The van der Waals surface area contributed by atoms with Crippen LogP contribution in [0, 0.1) is 6.92 Å². The van der Waals surface area contributed by atoms with Gasteiger partial charge in [0.15, 0.2) is 0 Å². The van der Waals surface area contributed by atoms with Crippen LogP contribution in [0.15, 0.2) is 28.9 Å². The minimum absolute atomic E-state index is 0.590.